The van der Waals surface area contributed by atoms with Gasteiger partial charge in [-0.1, -0.05) is 34.1 Å². The molecule has 4 aliphatic carbocycles. The fourth-order valence-electron chi connectivity index (χ4n) is 8.35. The molecule has 0 aliphatic heterocycles. The minimum absolute atomic E-state index is 0.00428. The Bertz CT molecular complexity index is 484. The quantitative estimate of drug-likeness (QED) is 0.623. The second-order valence-electron chi connectivity index (χ2n) is 11.4. The lowest BCUT2D eigenvalue weighted by Crippen LogP contribution is -2.53. The third-order valence-electron chi connectivity index (χ3n) is 9.93. The van der Waals surface area contributed by atoms with Crippen molar-refractivity contribution in [2.24, 2.45) is 46.3 Å². The Kier molecular flexibility index (Phi) is 4.79. The molecule has 0 radical (unpaired) electrons. The van der Waals surface area contributed by atoms with E-state index in [1.165, 1.54) is 57.8 Å². The van der Waals surface area contributed by atoms with Crippen LogP contribution in [0.1, 0.15) is 98.3 Å². The van der Waals surface area contributed by atoms with Crippen LogP contribution in [0.5, 0.6) is 0 Å². The highest BCUT2D eigenvalue weighted by Crippen LogP contribution is 2.67. The van der Waals surface area contributed by atoms with Crippen LogP contribution in [-0.4, -0.2) is 11.2 Å². The van der Waals surface area contributed by atoms with Crippen molar-refractivity contribution in [3.05, 3.63) is 0 Å². The van der Waals surface area contributed by atoms with Crippen molar-refractivity contribution in [3.63, 3.8) is 0 Å². The van der Waals surface area contributed by atoms with Crippen LogP contribution in [0, 0.1) is 46.3 Å². The second-order valence-corrected chi connectivity index (χ2v) is 11.4. The van der Waals surface area contributed by atoms with Gasteiger partial charge in [0.25, 0.3) is 0 Å². The van der Waals surface area contributed by atoms with Crippen molar-refractivity contribution in [2.45, 2.75) is 104 Å². The molecular formula is C24H42O. The summed E-state index contributed by atoms with van der Waals surface area (Å²) in [6, 6.07) is 0. The Morgan fingerprint density at radius 1 is 0.880 bits per heavy atom. The van der Waals surface area contributed by atoms with Gasteiger partial charge in [0.15, 0.2) is 0 Å². The zero-order chi connectivity index (χ0) is 17.8. The molecule has 0 spiro atoms. The highest BCUT2D eigenvalue weighted by molar-refractivity contribution is 5.09. The molecule has 0 aromatic heterocycles. The Balaban J connectivity index is 1.52. The van der Waals surface area contributed by atoms with Gasteiger partial charge in [-0.15, -0.1) is 0 Å². The molecule has 25 heavy (non-hydrogen) atoms. The number of hydrogen-bond acceptors (Lipinski definition) is 1. The molecular weight excluding hydrogens is 304 g/mol. The zero-order valence-electron chi connectivity index (χ0n) is 17.3. The lowest BCUT2D eigenvalue weighted by molar-refractivity contribution is -0.127. The van der Waals surface area contributed by atoms with Gasteiger partial charge in [0, 0.05) is 0 Å². The lowest BCUT2D eigenvalue weighted by Gasteiger charge is -2.61. The Morgan fingerprint density at radius 3 is 2.36 bits per heavy atom. The number of fused-ring (bicyclic) bond motifs is 5. The van der Waals surface area contributed by atoms with Gasteiger partial charge in [-0.25, -0.2) is 0 Å². The van der Waals surface area contributed by atoms with Crippen molar-refractivity contribution >= 4 is 0 Å². The van der Waals surface area contributed by atoms with Crippen molar-refractivity contribution < 1.29 is 5.11 Å². The summed E-state index contributed by atoms with van der Waals surface area (Å²) < 4.78 is 0. The fourth-order valence-corrected chi connectivity index (χ4v) is 8.35. The average Bonchev–Trinajstić information content (AvgIpc) is 2.90. The Morgan fingerprint density at radius 2 is 1.60 bits per heavy atom. The van der Waals surface area contributed by atoms with Gasteiger partial charge in [-0.05, 0) is 111 Å². The van der Waals surface area contributed by atoms with Crippen molar-refractivity contribution in [1.29, 1.82) is 0 Å². The maximum atomic E-state index is 10.2. The van der Waals surface area contributed by atoms with Gasteiger partial charge in [0.2, 0.25) is 0 Å². The molecule has 0 saturated heterocycles. The van der Waals surface area contributed by atoms with Crippen LogP contribution in [0.25, 0.3) is 0 Å². The largest absolute Gasteiger partial charge is 0.393 e. The van der Waals surface area contributed by atoms with Crippen LogP contribution in [0.4, 0.5) is 0 Å². The van der Waals surface area contributed by atoms with Crippen LogP contribution < -0.4 is 0 Å². The van der Waals surface area contributed by atoms with Crippen LogP contribution >= 0.6 is 0 Å². The van der Waals surface area contributed by atoms with E-state index in [2.05, 4.69) is 27.7 Å². The van der Waals surface area contributed by atoms with E-state index in [0.717, 1.165) is 48.3 Å². The topological polar surface area (TPSA) is 20.2 Å². The smallest absolute Gasteiger partial charge is 0.0543 e. The summed E-state index contributed by atoms with van der Waals surface area (Å²) in [6.45, 7) is 10.1. The molecule has 1 N–H and O–H groups in total. The zero-order valence-corrected chi connectivity index (χ0v) is 17.3. The van der Waals surface area contributed by atoms with E-state index >= 15 is 0 Å². The van der Waals surface area contributed by atoms with Crippen molar-refractivity contribution in [2.75, 3.05) is 0 Å². The van der Waals surface area contributed by atoms with Crippen LogP contribution in [0.3, 0.4) is 0 Å². The predicted molar refractivity (Wildman–Crippen MR) is 105 cm³/mol. The summed E-state index contributed by atoms with van der Waals surface area (Å²) >= 11 is 0. The summed E-state index contributed by atoms with van der Waals surface area (Å²) in [7, 11) is 0. The van der Waals surface area contributed by atoms with E-state index in [9.17, 15) is 5.11 Å². The highest BCUT2D eigenvalue weighted by Gasteiger charge is 2.59. The van der Waals surface area contributed by atoms with E-state index in [4.69, 9.17) is 0 Å². The van der Waals surface area contributed by atoms with Gasteiger partial charge in [0.05, 0.1) is 6.10 Å². The Hall–Kier alpha value is -0.0400. The molecule has 144 valence electrons. The van der Waals surface area contributed by atoms with Crippen LogP contribution in [0.15, 0.2) is 0 Å². The minimum atomic E-state index is -0.00428. The standard InChI is InChI=1S/C24H42O/c1-16(2)5-6-17-8-10-21-20-9-7-18-15-19(25)11-13-24(18,4)22(20)12-14-23(17,21)3/h16-22,25H,5-15H2,1-4H3. The summed E-state index contributed by atoms with van der Waals surface area (Å²) in [5.41, 5.74) is 1.19. The SMILES string of the molecule is CC(C)CCC1CCC2C3CCC4CC(O)CCC4(C)C3CCC12C. The molecule has 4 fully saturated rings. The molecule has 0 aromatic carbocycles. The normalized spacial score (nSPS) is 52.6. The van der Waals surface area contributed by atoms with E-state index < -0.39 is 0 Å². The Labute approximate surface area is 156 Å². The maximum Gasteiger partial charge on any atom is 0.0543 e. The molecule has 8 atom stereocenters. The summed E-state index contributed by atoms with van der Waals surface area (Å²) in [5.74, 6) is 5.63. The van der Waals surface area contributed by atoms with Gasteiger partial charge >= 0.3 is 0 Å². The molecule has 0 aromatic rings. The predicted octanol–water partition coefficient (Wildman–Crippen LogP) is 6.44. The molecule has 4 saturated carbocycles. The van der Waals surface area contributed by atoms with Gasteiger partial charge in [-0.3, -0.25) is 0 Å². The molecule has 4 aliphatic rings. The number of aliphatic hydroxyl groups excluding tert-OH is 1. The molecule has 4 rings (SSSR count). The number of rotatable bonds is 3. The first-order chi connectivity index (χ1) is 11.8. The first kappa shape index (κ1) is 18.3. The first-order valence-corrected chi connectivity index (χ1v) is 11.5. The van der Waals surface area contributed by atoms with Crippen molar-refractivity contribution in [3.8, 4) is 0 Å². The molecule has 0 amide bonds. The van der Waals surface area contributed by atoms with Gasteiger partial charge in [0.1, 0.15) is 0 Å². The van der Waals surface area contributed by atoms with Gasteiger partial charge in [-0.2, -0.15) is 0 Å². The third-order valence-corrected chi connectivity index (χ3v) is 9.93. The fraction of sp³-hybridized carbons (Fsp3) is 1.00. The average molecular weight is 347 g/mol. The summed E-state index contributed by atoms with van der Waals surface area (Å²) in [4.78, 5) is 0. The number of aliphatic hydroxyl groups is 1. The van der Waals surface area contributed by atoms with Crippen LogP contribution in [0.2, 0.25) is 0 Å². The summed E-state index contributed by atoms with van der Waals surface area (Å²) in [5, 5.41) is 10.2. The highest BCUT2D eigenvalue weighted by atomic mass is 16.3. The molecule has 0 bridgehead atoms. The molecule has 1 nitrogen and oxygen atoms in total. The first-order valence-electron chi connectivity index (χ1n) is 11.5. The van der Waals surface area contributed by atoms with E-state index in [-0.39, 0.29) is 6.10 Å². The van der Waals surface area contributed by atoms with Crippen LogP contribution in [-0.2, 0) is 0 Å². The monoisotopic (exact) mass is 346 g/mol. The lowest BCUT2D eigenvalue weighted by atomic mass is 9.44. The van der Waals surface area contributed by atoms with E-state index in [1.54, 1.807) is 0 Å². The van der Waals surface area contributed by atoms with E-state index in [0.29, 0.717) is 10.8 Å². The molecule has 0 heterocycles. The molecule has 1 heteroatoms. The second kappa shape index (κ2) is 6.54. The third kappa shape index (κ3) is 2.91. The van der Waals surface area contributed by atoms with Crippen molar-refractivity contribution in [1.82, 2.24) is 0 Å². The summed E-state index contributed by atoms with van der Waals surface area (Å²) in [6.07, 6.45) is 15.2. The van der Waals surface area contributed by atoms with Gasteiger partial charge < -0.3 is 5.11 Å². The maximum absolute atomic E-state index is 10.2. The molecule has 8 unspecified atom stereocenters. The number of hydrogen-bond donors (Lipinski definition) is 1. The van der Waals surface area contributed by atoms with E-state index in [1.807, 2.05) is 0 Å². The minimum Gasteiger partial charge on any atom is -0.393 e.